The van der Waals surface area contributed by atoms with Gasteiger partial charge in [-0.05, 0) is 55.4 Å². The Morgan fingerprint density at radius 1 is 1.39 bits per heavy atom. The first kappa shape index (κ1) is 15.4. The average molecular weight is 286 g/mol. The molecule has 0 fully saturated rings. The van der Waals surface area contributed by atoms with Crippen molar-refractivity contribution in [3.05, 3.63) is 42.0 Å². The van der Waals surface area contributed by atoms with Crippen LogP contribution in [0.15, 0.2) is 30.9 Å². The van der Waals surface area contributed by atoms with E-state index >= 15 is 0 Å². The second-order valence-corrected chi connectivity index (χ2v) is 7.83. The van der Waals surface area contributed by atoms with Gasteiger partial charge in [-0.1, -0.05) is 12.1 Å². The third-order valence-corrected chi connectivity index (χ3v) is 5.98. The van der Waals surface area contributed by atoms with Gasteiger partial charge in [0.15, 0.2) is 0 Å². The van der Waals surface area contributed by atoms with Gasteiger partial charge >= 0.3 is 6.80 Å². The van der Waals surface area contributed by atoms with Crippen molar-refractivity contribution in [3.8, 4) is 5.75 Å². The van der Waals surface area contributed by atoms with E-state index in [1.165, 1.54) is 5.56 Å². The van der Waals surface area contributed by atoms with Crippen LogP contribution in [0.4, 0.5) is 0 Å². The Kier molecular flexibility index (Phi) is 6.00. The minimum atomic E-state index is -3.15. The molecule has 5 heteroatoms. The molecule has 0 radical (unpaired) electrons. The molecule has 0 aliphatic rings. The van der Waals surface area contributed by atoms with E-state index < -0.39 is 6.80 Å². The highest BCUT2D eigenvalue weighted by molar-refractivity contribution is 8.55. The van der Waals surface area contributed by atoms with Crippen LogP contribution in [0.1, 0.15) is 18.1 Å². The van der Waals surface area contributed by atoms with Crippen molar-refractivity contribution >= 4 is 18.2 Å². The molecule has 0 aliphatic heterocycles. The summed E-state index contributed by atoms with van der Waals surface area (Å²) in [5, 5.41) is 0. The zero-order valence-corrected chi connectivity index (χ0v) is 12.7. The molecule has 0 spiro atoms. The molecule has 1 aromatic rings. The van der Waals surface area contributed by atoms with E-state index in [0.29, 0.717) is 18.1 Å². The van der Waals surface area contributed by atoms with Crippen LogP contribution < -0.4 is 4.52 Å². The van der Waals surface area contributed by atoms with Gasteiger partial charge < -0.3 is 4.52 Å². The van der Waals surface area contributed by atoms with Crippen molar-refractivity contribution in [1.29, 1.82) is 0 Å². The van der Waals surface area contributed by atoms with Crippen molar-refractivity contribution in [1.82, 2.24) is 0 Å². The molecule has 0 saturated carbocycles. The SMILES string of the molecule is C=CCSP(=O)(OCC)Oc1ccc(C)c(C)c1. The Hall–Kier alpha value is -0.700. The predicted molar refractivity (Wildman–Crippen MR) is 78.4 cm³/mol. The van der Waals surface area contributed by atoms with Crippen LogP contribution in [-0.2, 0) is 9.09 Å². The predicted octanol–water partition coefficient (Wildman–Crippen LogP) is 4.75. The third kappa shape index (κ3) is 4.52. The maximum Gasteiger partial charge on any atom is 0.440 e. The maximum absolute atomic E-state index is 12.4. The second-order valence-electron chi connectivity index (χ2n) is 3.79. The van der Waals surface area contributed by atoms with Gasteiger partial charge in [0, 0.05) is 5.75 Å². The highest BCUT2D eigenvalue weighted by Gasteiger charge is 2.26. The first-order valence-electron chi connectivity index (χ1n) is 5.77. The van der Waals surface area contributed by atoms with E-state index in [2.05, 4.69) is 6.58 Å². The highest BCUT2D eigenvalue weighted by atomic mass is 32.7. The zero-order chi connectivity index (χ0) is 13.6. The van der Waals surface area contributed by atoms with Crippen LogP contribution in [0, 0.1) is 13.8 Å². The fourth-order valence-electron chi connectivity index (χ4n) is 1.29. The first-order chi connectivity index (χ1) is 8.50. The number of hydrogen-bond donors (Lipinski definition) is 0. The number of hydrogen-bond acceptors (Lipinski definition) is 4. The lowest BCUT2D eigenvalue weighted by Gasteiger charge is -2.17. The molecule has 0 aromatic heterocycles. The Morgan fingerprint density at radius 2 is 2.11 bits per heavy atom. The molecule has 18 heavy (non-hydrogen) atoms. The molecule has 3 nitrogen and oxygen atoms in total. The van der Waals surface area contributed by atoms with E-state index in [9.17, 15) is 4.57 Å². The summed E-state index contributed by atoms with van der Waals surface area (Å²) in [5.41, 5.74) is 2.27. The molecule has 0 aliphatic carbocycles. The zero-order valence-electron chi connectivity index (χ0n) is 11.0. The van der Waals surface area contributed by atoms with E-state index in [4.69, 9.17) is 9.05 Å². The summed E-state index contributed by atoms with van der Waals surface area (Å²) in [7, 11) is 0. The number of rotatable bonds is 7. The van der Waals surface area contributed by atoms with Crippen molar-refractivity contribution in [3.63, 3.8) is 0 Å². The molecule has 1 rings (SSSR count). The summed E-state index contributed by atoms with van der Waals surface area (Å²) < 4.78 is 23.2. The van der Waals surface area contributed by atoms with Crippen LogP contribution in [0.3, 0.4) is 0 Å². The fourth-order valence-corrected chi connectivity index (χ4v) is 4.27. The van der Waals surface area contributed by atoms with Crippen LogP contribution in [0.25, 0.3) is 0 Å². The fraction of sp³-hybridized carbons (Fsp3) is 0.385. The molecule has 0 N–H and O–H groups in total. The van der Waals surface area contributed by atoms with E-state index in [1.54, 1.807) is 13.0 Å². The summed E-state index contributed by atoms with van der Waals surface area (Å²) >= 11 is 1.15. The van der Waals surface area contributed by atoms with Crippen molar-refractivity contribution in [2.75, 3.05) is 12.4 Å². The lowest BCUT2D eigenvalue weighted by Crippen LogP contribution is -1.96. The Morgan fingerprint density at radius 3 is 2.67 bits per heavy atom. The van der Waals surface area contributed by atoms with Crippen molar-refractivity contribution < 1.29 is 13.6 Å². The summed E-state index contributed by atoms with van der Waals surface area (Å²) in [6.45, 7) is 6.62. The maximum atomic E-state index is 12.4. The number of benzene rings is 1. The molecule has 1 atom stereocenters. The molecule has 0 heterocycles. The minimum Gasteiger partial charge on any atom is -0.417 e. The van der Waals surface area contributed by atoms with Gasteiger partial charge in [-0.3, -0.25) is 4.52 Å². The molecule has 1 aromatic carbocycles. The Balaban J connectivity index is 2.85. The van der Waals surface area contributed by atoms with Gasteiger partial charge in [-0.2, -0.15) is 0 Å². The molecule has 0 amide bonds. The molecule has 0 bridgehead atoms. The van der Waals surface area contributed by atoms with Crippen LogP contribution >= 0.6 is 18.2 Å². The lowest BCUT2D eigenvalue weighted by molar-refractivity contribution is 0.296. The summed E-state index contributed by atoms with van der Waals surface area (Å²) in [5.74, 6) is 1.11. The number of aryl methyl sites for hydroxylation is 2. The summed E-state index contributed by atoms with van der Waals surface area (Å²) in [4.78, 5) is 0. The minimum absolute atomic E-state index is 0.353. The molecule has 0 saturated heterocycles. The average Bonchev–Trinajstić information content (AvgIpc) is 2.32. The normalized spacial score (nSPS) is 13.9. The van der Waals surface area contributed by atoms with Gasteiger partial charge in [-0.25, -0.2) is 4.57 Å². The molecule has 100 valence electrons. The van der Waals surface area contributed by atoms with E-state index in [0.717, 1.165) is 16.9 Å². The smallest absolute Gasteiger partial charge is 0.417 e. The standard InChI is InChI=1S/C13H19O3PS/c1-5-9-18-17(14,15-6-2)16-13-8-7-11(3)12(4)10-13/h5,7-8,10H,1,6,9H2,2-4H3. The highest BCUT2D eigenvalue weighted by Crippen LogP contribution is 2.60. The second kappa shape index (κ2) is 7.03. The van der Waals surface area contributed by atoms with Gasteiger partial charge in [0.2, 0.25) is 0 Å². The van der Waals surface area contributed by atoms with Crippen molar-refractivity contribution in [2.45, 2.75) is 20.8 Å². The quantitative estimate of drug-likeness (QED) is 0.535. The summed E-state index contributed by atoms with van der Waals surface area (Å²) in [6, 6.07) is 5.62. The molecular formula is C13H19O3PS. The first-order valence-corrected chi connectivity index (χ1v) is 8.91. The van der Waals surface area contributed by atoms with E-state index in [-0.39, 0.29) is 0 Å². The Bertz CT molecular complexity index is 460. The van der Waals surface area contributed by atoms with Crippen LogP contribution in [0.2, 0.25) is 0 Å². The van der Waals surface area contributed by atoms with E-state index in [1.807, 2.05) is 32.0 Å². The van der Waals surface area contributed by atoms with Gasteiger partial charge in [0.05, 0.1) is 6.61 Å². The topological polar surface area (TPSA) is 35.5 Å². The van der Waals surface area contributed by atoms with Gasteiger partial charge in [0.1, 0.15) is 5.75 Å². The Labute approximate surface area is 113 Å². The van der Waals surface area contributed by atoms with Crippen LogP contribution in [-0.4, -0.2) is 12.4 Å². The third-order valence-electron chi connectivity index (χ3n) is 2.33. The monoisotopic (exact) mass is 286 g/mol. The van der Waals surface area contributed by atoms with Crippen molar-refractivity contribution in [2.24, 2.45) is 0 Å². The lowest BCUT2D eigenvalue weighted by atomic mass is 10.1. The largest absolute Gasteiger partial charge is 0.440 e. The van der Waals surface area contributed by atoms with Crippen LogP contribution in [0.5, 0.6) is 5.75 Å². The molecular weight excluding hydrogens is 267 g/mol. The van der Waals surface area contributed by atoms with Gasteiger partial charge in [-0.15, -0.1) is 6.58 Å². The molecule has 1 unspecified atom stereocenters. The van der Waals surface area contributed by atoms with Gasteiger partial charge in [0.25, 0.3) is 0 Å². The summed E-state index contributed by atoms with van der Waals surface area (Å²) in [6.07, 6.45) is 1.68.